The van der Waals surface area contributed by atoms with Crippen molar-refractivity contribution in [2.45, 2.75) is 42.4 Å². The molecule has 1 aliphatic rings. The van der Waals surface area contributed by atoms with Gasteiger partial charge in [0.2, 0.25) is 0 Å². The molecular weight excluding hydrogens is 204 g/mol. The molecule has 1 fully saturated rings. The van der Waals surface area contributed by atoms with E-state index in [1.54, 1.807) is 11.8 Å². The summed E-state index contributed by atoms with van der Waals surface area (Å²) in [6.07, 6.45) is 2.73. The van der Waals surface area contributed by atoms with Crippen LogP contribution in [0.15, 0.2) is 0 Å². The first-order valence-electron chi connectivity index (χ1n) is 4.78. The Balaban J connectivity index is 2.68. The van der Waals surface area contributed by atoms with E-state index in [0.717, 1.165) is 18.6 Å². The summed E-state index contributed by atoms with van der Waals surface area (Å²) in [5.74, 6) is 0.819. The Morgan fingerprint density at radius 2 is 2.31 bits per heavy atom. The van der Waals surface area contributed by atoms with E-state index >= 15 is 0 Å². The fraction of sp³-hybridized carbons (Fsp3) is 1.00. The first-order valence-corrected chi connectivity index (χ1v) is 6.98. The lowest BCUT2D eigenvalue weighted by Gasteiger charge is -2.28. The van der Waals surface area contributed by atoms with Crippen LogP contribution in [-0.4, -0.2) is 31.0 Å². The maximum Gasteiger partial charge on any atom is 0.0933 e. The number of hydrogen-bond acceptors (Lipinski definition) is 3. The molecule has 1 aliphatic heterocycles. The molecular formula is C9H18O2S2. The average Bonchev–Trinajstić information content (AvgIpc) is 2.32. The number of hydrogen-bond donors (Lipinski definition) is 1. The van der Waals surface area contributed by atoms with Gasteiger partial charge in [0.15, 0.2) is 0 Å². The molecule has 1 N–H and O–H groups in total. The molecule has 2 atom stereocenters. The molecule has 1 heterocycles. The molecule has 0 radical (unpaired) electrons. The van der Waals surface area contributed by atoms with Crippen LogP contribution < -0.4 is 0 Å². The van der Waals surface area contributed by atoms with Gasteiger partial charge in [-0.3, -0.25) is 4.21 Å². The predicted molar refractivity (Wildman–Crippen MR) is 59.4 cm³/mol. The van der Waals surface area contributed by atoms with Gasteiger partial charge in [0, 0.05) is 28.4 Å². The SMILES string of the molecule is CC(C)S[C@@]1(CCO)CCCS1=O. The second-order valence-corrected chi connectivity index (χ2v) is 7.80. The predicted octanol–water partition coefficient (Wildman–Crippen LogP) is 1.75. The van der Waals surface area contributed by atoms with Gasteiger partial charge in [0.25, 0.3) is 0 Å². The minimum Gasteiger partial charge on any atom is -0.396 e. The molecule has 1 unspecified atom stereocenters. The van der Waals surface area contributed by atoms with Gasteiger partial charge >= 0.3 is 0 Å². The lowest BCUT2D eigenvalue weighted by atomic mass is 10.2. The molecule has 0 aliphatic carbocycles. The highest BCUT2D eigenvalue weighted by molar-refractivity contribution is 8.13. The van der Waals surface area contributed by atoms with Gasteiger partial charge in [-0.1, -0.05) is 13.8 Å². The zero-order chi connectivity index (χ0) is 9.90. The van der Waals surface area contributed by atoms with E-state index in [0.29, 0.717) is 11.7 Å². The molecule has 0 aromatic carbocycles. The van der Waals surface area contributed by atoms with Crippen molar-refractivity contribution in [2.24, 2.45) is 0 Å². The highest BCUT2D eigenvalue weighted by Gasteiger charge is 2.41. The Bertz CT molecular complexity index is 194. The van der Waals surface area contributed by atoms with Gasteiger partial charge in [0.1, 0.15) is 0 Å². The number of aliphatic hydroxyl groups is 1. The average molecular weight is 222 g/mol. The molecule has 0 saturated carbocycles. The van der Waals surface area contributed by atoms with E-state index < -0.39 is 10.8 Å². The normalized spacial score (nSPS) is 34.3. The highest BCUT2D eigenvalue weighted by Crippen LogP contribution is 2.44. The van der Waals surface area contributed by atoms with Gasteiger partial charge in [0.05, 0.1) is 4.08 Å². The van der Waals surface area contributed by atoms with E-state index in [4.69, 9.17) is 5.11 Å². The number of thioether (sulfide) groups is 1. The van der Waals surface area contributed by atoms with E-state index in [1.807, 2.05) is 0 Å². The monoisotopic (exact) mass is 222 g/mol. The van der Waals surface area contributed by atoms with Crippen LogP contribution in [0.2, 0.25) is 0 Å². The standard InChI is InChI=1S/C9H18O2S2/c1-8(2)12-9(5-6-10)4-3-7-13(9)11/h8,10H,3-7H2,1-2H3/t9-,13?/m0/s1. The van der Waals surface area contributed by atoms with Crippen LogP contribution in [0.1, 0.15) is 33.1 Å². The summed E-state index contributed by atoms with van der Waals surface area (Å²) in [7, 11) is -0.737. The first-order chi connectivity index (χ1) is 6.10. The minimum absolute atomic E-state index is 0.136. The largest absolute Gasteiger partial charge is 0.396 e. The van der Waals surface area contributed by atoms with E-state index in [-0.39, 0.29) is 10.7 Å². The Hall–Kier alpha value is 0.460. The first kappa shape index (κ1) is 11.5. The second-order valence-electron chi connectivity index (χ2n) is 3.70. The zero-order valence-corrected chi connectivity index (χ0v) is 9.92. The molecule has 1 rings (SSSR count). The fourth-order valence-electron chi connectivity index (χ4n) is 1.78. The van der Waals surface area contributed by atoms with Gasteiger partial charge < -0.3 is 5.11 Å². The van der Waals surface area contributed by atoms with Crippen LogP contribution in [0.25, 0.3) is 0 Å². The van der Waals surface area contributed by atoms with Crippen LogP contribution in [0, 0.1) is 0 Å². The van der Waals surface area contributed by atoms with Crippen LogP contribution in [0.3, 0.4) is 0 Å². The van der Waals surface area contributed by atoms with Crippen LogP contribution in [0.4, 0.5) is 0 Å². The van der Waals surface area contributed by atoms with Gasteiger partial charge in [-0.25, -0.2) is 0 Å². The minimum atomic E-state index is -0.737. The van der Waals surface area contributed by atoms with E-state index in [9.17, 15) is 4.21 Å². The van der Waals surface area contributed by atoms with Crippen molar-refractivity contribution >= 4 is 22.6 Å². The Kier molecular flexibility index (Phi) is 4.26. The Labute approximate surface area is 86.9 Å². The molecule has 4 heteroatoms. The summed E-state index contributed by atoms with van der Waals surface area (Å²) >= 11 is 1.78. The number of aliphatic hydroxyl groups excluding tert-OH is 1. The summed E-state index contributed by atoms with van der Waals surface area (Å²) in [6.45, 7) is 4.41. The summed E-state index contributed by atoms with van der Waals surface area (Å²) in [6, 6.07) is 0. The quantitative estimate of drug-likeness (QED) is 0.787. The molecule has 2 nitrogen and oxygen atoms in total. The van der Waals surface area contributed by atoms with Crippen LogP contribution in [0.5, 0.6) is 0 Å². The van der Waals surface area contributed by atoms with Crippen molar-refractivity contribution in [3.63, 3.8) is 0 Å². The highest BCUT2D eigenvalue weighted by atomic mass is 32.2. The smallest absolute Gasteiger partial charge is 0.0933 e. The third-order valence-corrected chi connectivity index (χ3v) is 6.30. The van der Waals surface area contributed by atoms with Crippen molar-refractivity contribution in [2.75, 3.05) is 12.4 Å². The van der Waals surface area contributed by atoms with Gasteiger partial charge in [-0.2, -0.15) is 0 Å². The molecule has 13 heavy (non-hydrogen) atoms. The van der Waals surface area contributed by atoms with E-state index in [2.05, 4.69) is 13.8 Å². The third-order valence-electron chi connectivity index (χ3n) is 2.25. The summed E-state index contributed by atoms with van der Waals surface area (Å²) in [5, 5.41) is 9.47. The third kappa shape index (κ3) is 2.70. The Morgan fingerprint density at radius 3 is 2.69 bits per heavy atom. The van der Waals surface area contributed by atoms with Crippen molar-refractivity contribution in [3.8, 4) is 0 Å². The number of rotatable bonds is 4. The molecule has 0 aromatic rings. The zero-order valence-electron chi connectivity index (χ0n) is 8.28. The molecule has 78 valence electrons. The molecule has 0 bridgehead atoms. The summed E-state index contributed by atoms with van der Waals surface area (Å²) < 4.78 is 11.7. The molecule has 0 spiro atoms. The van der Waals surface area contributed by atoms with Crippen molar-refractivity contribution in [1.82, 2.24) is 0 Å². The maximum absolute atomic E-state index is 11.8. The molecule has 1 saturated heterocycles. The van der Waals surface area contributed by atoms with E-state index in [1.165, 1.54) is 0 Å². The summed E-state index contributed by atoms with van der Waals surface area (Å²) in [5.41, 5.74) is 0. The van der Waals surface area contributed by atoms with Crippen molar-refractivity contribution in [3.05, 3.63) is 0 Å². The lowest BCUT2D eigenvalue weighted by Crippen LogP contribution is -2.29. The fourth-order valence-corrected chi connectivity index (χ4v) is 5.84. The van der Waals surface area contributed by atoms with Crippen LogP contribution >= 0.6 is 11.8 Å². The van der Waals surface area contributed by atoms with Gasteiger partial charge in [-0.05, 0) is 19.3 Å². The molecule has 0 aromatic heterocycles. The second kappa shape index (κ2) is 4.80. The van der Waals surface area contributed by atoms with Gasteiger partial charge in [-0.15, -0.1) is 11.8 Å². The Morgan fingerprint density at radius 1 is 1.62 bits per heavy atom. The van der Waals surface area contributed by atoms with Crippen LogP contribution in [-0.2, 0) is 10.8 Å². The van der Waals surface area contributed by atoms with Crippen molar-refractivity contribution < 1.29 is 9.32 Å². The van der Waals surface area contributed by atoms with Crippen molar-refractivity contribution in [1.29, 1.82) is 0 Å². The topological polar surface area (TPSA) is 37.3 Å². The summed E-state index contributed by atoms with van der Waals surface area (Å²) in [4.78, 5) is 0. The maximum atomic E-state index is 11.8. The molecule has 0 amide bonds. The lowest BCUT2D eigenvalue weighted by molar-refractivity contribution is 0.281.